The van der Waals surface area contributed by atoms with Crippen LogP contribution < -0.4 is 11.1 Å². The van der Waals surface area contributed by atoms with E-state index in [2.05, 4.69) is 0 Å². The van der Waals surface area contributed by atoms with Gasteiger partial charge in [0.15, 0.2) is 11.6 Å². The molecule has 2 aliphatic heterocycles. The van der Waals surface area contributed by atoms with Gasteiger partial charge in [0.1, 0.15) is 18.3 Å². The zero-order chi connectivity index (χ0) is 22.7. The van der Waals surface area contributed by atoms with E-state index in [-0.39, 0.29) is 12.6 Å². The summed E-state index contributed by atoms with van der Waals surface area (Å²) in [6, 6.07) is 3.93. The van der Waals surface area contributed by atoms with Gasteiger partial charge < -0.3 is 23.5 Å². The Hall–Kier alpha value is -2.00. The van der Waals surface area contributed by atoms with Crippen molar-refractivity contribution in [1.29, 1.82) is 0 Å². The molecule has 2 aliphatic rings. The monoisotopic (exact) mass is 432 g/mol. The maximum atomic E-state index is 13.1. The Morgan fingerprint density at radius 3 is 2.03 bits per heavy atom. The van der Waals surface area contributed by atoms with E-state index in [1.807, 2.05) is 60.6 Å². The molecule has 2 fully saturated rings. The Kier molecular flexibility index (Phi) is 5.41. The van der Waals surface area contributed by atoms with E-state index in [0.717, 1.165) is 16.6 Å². The van der Waals surface area contributed by atoms with E-state index in [4.69, 9.17) is 18.9 Å². The van der Waals surface area contributed by atoms with Crippen LogP contribution in [0.25, 0.3) is 11.0 Å². The quantitative estimate of drug-likeness (QED) is 0.691. The lowest BCUT2D eigenvalue weighted by Gasteiger charge is -2.25. The van der Waals surface area contributed by atoms with Gasteiger partial charge in [0.05, 0.1) is 24.2 Å². The standard InChI is InChI=1S/C23H32N2O6/c1-8-24-15-9-13(2)14(3)10-16(15)25(21(27)20(24)26)11-17-19(31-23(6,7)29-17)18-12-28-22(4,5)30-18/h9-10,17-19H,8,11-12H2,1-7H3/t17-,18+,19-/m0/s1. The summed E-state index contributed by atoms with van der Waals surface area (Å²) >= 11 is 0. The van der Waals surface area contributed by atoms with Crippen LogP contribution >= 0.6 is 0 Å². The highest BCUT2D eigenvalue weighted by Crippen LogP contribution is 2.36. The van der Waals surface area contributed by atoms with Gasteiger partial charge in [-0.1, -0.05) is 0 Å². The molecular weight excluding hydrogens is 400 g/mol. The molecule has 0 radical (unpaired) electrons. The van der Waals surface area contributed by atoms with Crippen LogP contribution in [0.15, 0.2) is 21.7 Å². The number of benzene rings is 1. The first-order valence-corrected chi connectivity index (χ1v) is 10.8. The SMILES string of the molecule is CCn1c(=O)c(=O)n(C[C@@H]2OC(C)(C)O[C@@H]2[C@H]2COC(C)(C)O2)c2cc(C)c(C)cc21. The lowest BCUT2D eigenvalue weighted by atomic mass is 10.1. The van der Waals surface area contributed by atoms with Crippen molar-refractivity contribution in [1.82, 2.24) is 9.13 Å². The topological polar surface area (TPSA) is 80.9 Å². The van der Waals surface area contributed by atoms with Gasteiger partial charge in [0, 0.05) is 6.54 Å². The number of hydrogen-bond acceptors (Lipinski definition) is 6. The molecule has 170 valence electrons. The summed E-state index contributed by atoms with van der Waals surface area (Å²) in [6.07, 6.45) is -1.24. The number of hydrogen-bond donors (Lipinski definition) is 0. The van der Waals surface area contributed by atoms with Crippen LogP contribution in [-0.2, 0) is 32.0 Å². The summed E-state index contributed by atoms with van der Waals surface area (Å²) in [6.45, 7) is 14.2. The van der Waals surface area contributed by atoms with Crippen molar-refractivity contribution in [3.63, 3.8) is 0 Å². The Morgan fingerprint density at radius 2 is 1.48 bits per heavy atom. The minimum Gasteiger partial charge on any atom is -0.348 e. The van der Waals surface area contributed by atoms with Crippen LogP contribution in [0.4, 0.5) is 0 Å². The highest BCUT2D eigenvalue weighted by molar-refractivity contribution is 5.77. The fraction of sp³-hybridized carbons (Fsp3) is 0.652. The maximum absolute atomic E-state index is 13.1. The molecule has 0 saturated carbocycles. The van der Waals surface area contributed by atoms with Crippen molar-refractivity contribution in [2.24, 2.45) is 0 Å². The second-order valence-electron chi connectivity index (χ2n) is 9.40. The van der Waals surface area contributed by atoms with Crippen LogP contribution in [0.2, 0.25) is 0 Å². The van der Waals surface area contributed by atoms with Gasteiger partial charge in [0.2, 0.25) is 0 Å². The third-order valence-electron chi connectivity index (χ3n) is 6.14. The number of aryl methyl sites for hydroxylation is 3. The summed E-state index contributed by atoms with van der Waals surface area (Å²) in [4.78, 5) is 26.0. The molecule has 3 atom stereocenters. The molecular formula is C23H32N2O6. The first-order valence-electron chi connectivity index (χ1n) is 10.8. The Morgan fingerprint density at radius 1 is 0.903 bits per heavy atom. The second-order valence-corrected chi connectivity index (χ2v) is 9.40. The van der Waals surface area contributed by atoms with Gasteiger partial charge in [0.25, 0.3) is 0 Å². The van der Waals surface area contributed by atoms with Crippen LogP contribution in [0.5, 0.6) is 0 Å². The third kappa shape index (κ3) is 3.98. The average Bonchev–Trinajstić information content (AvgIpc) is 3.19. The normalized spacial score (nSPS) is 27.3. The van der Waals surface area contributed by atoms with Crippen LogP contribution in [0, 0.1) is 13.8 Å². The van der Waals surface area contributed by atoms with Gasteiger partial charge in [-0.05, 0) is 71.7 Å². The molecule has 0 aliphatic carbocycles. The number of rotatable bonds is 4. The van der Waals surface area contributed by atoms with Gasteiger partial charge >= 0.3 is 11.1 Å². The summed E-state index contributed by atoms with van der Waals surface area (Å²) < 4.78 is 27.1. The zero-order valence-corrected chi connectivity index (χ0v) is 19.4. The summed E-state index contributed by atoms with van der Waals surface area (Å²) in [5, 5.41) is 0. The molecule has 8 heteroatoms. The average molecular weight is 433 g/mol. The lowest BCUT2D eigenvalue weighted by Crippen LogP contribution is -2.46. The number of fused-ring (bicyclic) bond motifs is 1. The molecule has 0 amide bonds. The number of aromatic nitrogens is 2. The molecule has 1 aromatic carbocycles. The summed E-state index contributed by atoms with van der Waals surface area (Å²) in [7, 11) is 0. The van der Waals surface area contributed by atoms with Crippen LogP contribution in [0.1, 0.15) is 45.7 Å². The Balaban J connectivity index is 1.80. The van der Waals surface area contributed by atoms with E-state index >= 15 is 0 Å². The molecule has 2 saturated heterocycles. The van der Waals surface area contributed by atoms with E-state index in [9.17, 15) is 9.59 Å². The molecule has 0 bridgehead atoms. The largest absolute Gasteiger partial charge is 0.348 e. The van der Waals surface area contributed by atoms with E-state index in [1.54, 1.807) is 0 Å². The van der Waals surface area contributed by atoms with Gasteiger partial charge in [-0.25, -0.2) is 0 Å². The first kappa shape index (κ1) is 22.2. The van der Waals surface area contributed by atoms with Crippen LogP contribution in [0.3, 0.4) is 0 Å². The molecule has 1 aromatic heterocycles. The van der Waals surface area contributed by atoms with Crippen molar-refractivity contribution < 1.29 is 18.9 Å². The van der Waals surface area contributed by atoms with Gasteiger partial charge in [-0.2, -0.15) is 0 Å². The molecule has 8 nitrogen and oxygen atoms in total. The fourth-order valence-corrected chi connectivity index (χ4v) is 4.54. The Labute approximate surface area is 181 Å². The molecule has 0 N–H and O–H groups in total. The Bertz CT molecular complexity index is 1130. The van der Waals surface area contributed by atoms with Crippen molar-refractivity contribution in [3.8, 4) is 0 Å². The van der Waals surface area contributed by atoms with Crippen molar-refractivity contribution in [2.45, 2.75) is 91.4 Å². The van der Waals surface area contributed by atoms with E-state index in [1.165, 1.54) is 9.13 Å². The summed E-state index contributed by atoms with van der Waals surface area (Å²) in [5.41, 5.74) is 2.48. The molecule has 4 rings (SSSR count). The number of ether oxygens (including phenoxy) is 4. The van der Waals surface area contributed by atoms with E-state index < -0.39 is 34.9 Å². The first-order chi connectivity index (χ1) is 14.4. The highest BCUT2D eigenvalue weighted by Gasteiger charge is 2.50. The lowest BCUT2D eigenvalue weighted by molar-refractivity contribution is -0.174. The van der Waals surface area contributed by atoms with Crippen molar-refractivity contribution >= 4 is 11.0 Å². The van der Waals surface area contributed by atoms with Gasteiger partial charge in [-0.3, -0.25) is 14.2 Å². The zero-order valence-electron chi connectivity index (χ0n) is 19.4. The predicted octanol–water partition coefficient (Wildman–Crippen LogP) is 2.47. The van der Waals surface area contributed by atoms with Crippen LogP contribution in [-0.4, -0.2) is 45.6 Å². The number of nitrogens with zero attached hydrogens (tertiary/aromatic N) is 2. The minimum absolute atomic E-state index is 0.187. The predicted molar refractivity (Wildman–Crippen MR) is 116 cm³/mol. The fourth-order valence-electron chi connectivity index (χ4n) is 4.54. The second kappa shape index (κ2) is 7.55. The van der Waals surface area contributed by atoms with Crippen molar-refractivity contribution in [3.05, 3.63) is 44.0 Å². The molecule has 0 unspecified atom stereocenters. The molecule has 2 aromatic rings. The van der Waals surface area contributed by atoms with Crippen molar-refractivity contribution in [2.75, 3.05) is 6.61 Å². The molecule has 3 heterocycles. The molecule has 0 spiro atoms. The summed E-state index contributed by atoms with van der Waals surface area (Å²) in [5.74, 6) is -1.54. The van der Waals surface area contributed by atoms with Gasteiger partial charge in [-0.15, -0.1) is 0 Å². The van der Waals surface area contributed by atoms with E-state index in [0.29, 0.717) is 18.7 Å². The minimum atomic E-state index is -0.838. The smallest absolute Gasteiger partial charge is 0.317 e. The third-order valence-corrected chi connectivity index (χ3v) is 6.14. The maximum Gasteiger partial charge on any atom is 0.317 e. The highest BCUT2D eigenvalue weighted by atomic mass is 16.8. The molecule has 31 heavy (non-hydrogen) atoms.